The topological polar surface area (TPSA) is 86.3 Å². The molecule has 0 fully saturated rings. The van der Waals surface area contributed by atoms with Crippen molar-refractivity contribution in [2.75, 3.05) is 0 Å². The molecule has 0 aliphatic carbocycles. The molecule has 0 bridgehead atoms. The first-order chi connectivity index (χ1) is 13.4. The van der Waals surface area contributed by atoms with Gasteiger partial charge in [-0.2, -0.15) is 4.98 Å². The van der Waals surface area contributed by atoms with Gasteiger partial charge in [-0.3, -0.25) is 4.79 Å². The van der Waals surface area contributed by atoms with Crippen molar-refractivity contribution in [3.8, 4) is 0 Å². The fourth-order valence-corrected chi connectivity index (χ4v) is 5.38. The molecule has 0 saturated carbocycles. The predicted octanol–water partition coefficient (Wildman–Crippen LogP) is 3.46. The molecule has 5 aromatic rings. The van der Waals surface area contributed by atoms with Crippen molar-refractivity contribution in [1.82, 2.24) is 18.3 Å². The van der Waals surface area contributed by atoms with Crippen LogP contribution < -0.4 is 5.56 Å². The van der Waals surface area contributed by atoms with E-state index in [-0.39, 0.29) is 27.0 Å². The van der Waals surface area contributed by atoms with Gasteiger partial charge in [0.25, 0.3) is 15.6 Å². The van der Waals surface area contributed by atoms with Gasteiger partial charge >= 0.3 is 0 Å². The van der Waals surface area contributed by atoms with Gasteiger partial charge < -0.3 is 0 Å². The minimum absolute atomic E-state index is 0.118. The molecule has 140 valence electrons. The smallest absolute Gasteiger partial charge is 0.268 e. The maximum atomic E-state index is 13.1. The number of hydrogen-bond donors (Lipinski definition) is 0. The van der Waals surface area contributed by atoms with E-state index in [1.807, 2.05) is 6.92 Å². The molecule has 4 heterocycles. The summed E-state index contributed by atoms with van der Waals surface area (Å²) in [4.78, 5) is 21.6. The maximum absolute atomic E-state index is 13.1. The summed E-state index contributed by atoms with van der Waals surface area (Å²) in [6, 6.07) is 8.10. The number of fused-ring (bicyclic) bond motifs is 4. The van der Waals surface area contributed by atoms with Crippen molar-refractivity contribution in [3.63, 3.8) is 0 Å². The van der Waals surface area contributed by atoms with Crippen molar-refractivity contribution in [3.05, 3.63) is 68.5 Å². The molecule has 0 spiro atoms. The maximum Gasteiger partial charge on any atom is 0.269 e. The third kappa shape index (κ3) is 2.33. The number of thiophene rings is 1. The molecule has 0 aliphatic rings. The van der Waals surface area contributed by atoms with Gasteiger partial charge in [0, 0.05) is 17.0 Å². The van der Waals surface area contributed by atoms with Crippen LogP contribution in [0.15, 0.2) is 57.0 Å². The minimum Gasteiger partial charge on any atom is -0.268 e. The SMILES string of the molecule is Cc1ccc(S(=O)(=O)n2ccc3c2nc(Cl)n2c(=O)c4cscc4nc32)cc1. The lowest BCUT2D eigenvalue weighted by atomic mass is 10.2. The molecule has 5 rings (SSSR count). The van der Waals surface area contributed by atoms with Gasteiger partial charge in [0.1, 0.15) is 0 Å². The van der Waals surface area contributed by atoms with Crippen LogP contribution in [0.5, 0.6) is 0 Å². The van der Waals surface area contributed by atoms with Crippen LogP contribution in [-0.2, 0) is 10.0 Å². The highest BCUT2D eigenvalue weighted by Crippen LogP contribution is 2.26. The van der Waals surface area contributed by atoms with Crippen LogP contribution in [0, 0.1) is 6.92 Å². The Balaban J connectivity index is 1.87. The first kappa shape index (κ1) is 17.4. The van der Waals surface area contributed by atoms with Crippen LogP contribution >= 0.6 is 22.9 Å². The first-order valence-electron chi connectivity index (χ1n) is 8.15. The van der Waals surface area contributed by atoms with E-state index < -0.39 is 10.0 Å². The molecule has 0 amide bonds. The number of nitrogens with zero attached hydrogens (tertiary/aromatic N) is 4. The standard InChI is InChI=1S/C18H11ClN4O3S2/c1-10-2-4-11(5-3-10)28(25,26)22-7-6-12-15(22)21-18(19)23-16(12)20-14-9-27-8-13(14)17(23)24/h2-9H,1H3. The fourth-order valence-electron chi connectivity index (χ4n) is 3.11. The first-order valence-corrected chi connectivity index (χ1v) is 10.9. The second kappa shape index (κ2) is 5.87. The molecular weight excluding hydrogens is 420 g/mol. The van der Waals surface area contributed by atoms with Crippen LogP contribution in [0.1, 0.15) is 5.56 Å². The molecular formula is C18H11ClN4O3S2. The van der Waals surface area contributed by atoms with Gasteiger partial charge in [-0.15, -0.1) is 11.3 Å². The zero-order valence-electron chi connectivity index (χ0n) is 14.3. The van der Waals surface area contributed by atoms with Crippen molar-refractivity contribution in [2.45, 2.75) is 11.8 Å². The second-order valence-electron chi connectivity index (χ2n) is 6.29. The Labute approximate surface area is 167 Å². The van der Waals surface area contributed by atoms with E-state index in [9.17, 15) is 13.2 Å². The van der Waals surface area contributed by atoms with E-state index in [1.165, 1.54) is 34.1 Å². The van der Waals surface area contributed by atoms with Crippen LogP contribution in [0.2, 0.25) is 5.28 Å². The number of rotatable bonds is 2. The van der Waals surface area contributed by atoms with Gasteiger partial charge in [0.15, 0.2) is 11.3 Å². The summed E-state index contributed by atoms with van der Waals surface area (Å²) in [5.41, 5.74) is 1.53. The molecule has 0 unspecified atom stereocenters. The number of aryl methyl sites for hydroxylation is 1. The molecule has 1 aromatic carbocycles. The van der Waals surface area contributed by atoms with E-state index in [0.717, 1.165) is 9.54 Å². The third-order valence-corrected chi connectivity index (χ3v) is 7.21. The van der Waals surface area contributed by atoms with Crippen LogP contribution in [0.3, 0.4) is 0 Å². The Bertz CT molecular complexity index is 1560. The van der Waals surface area contributed by atoms with E-state index >= 15 is 0 Å². The van der Waals surface area contributed by atoms with E-state index in [2.05, 4.69) is 9.97 Å². The van der Waals surface area contributed by atoms with Crippen LogP contribution in [0.4, 0.5) is 0 Å². The summed E-state index contributed by atoms with van der Waals surface area (Å²) < 4.78 is 28.5. The lowest BCUT2D eigenvalue weighted by Gasteiger charge is -2.09. The van der Waals surface area contributed by atoms with Gasteiger partial charge in [-0.1, -0.05) is 17.7 Å². The average Bonchev–Trinajstić information content (AvgIpc) is 3.29. The largest absolute Gasteiger partial charge is 0.269 e. The zero-order chi connectivity index (χ0) is 19.6. The lowest BCUT2D eigenvalue weighted by Crippen LogP contribution is -2.18. The zero-order valence-corrected chi connectivity index (χ0v) is 16.7. The van der Waals surface area contributed by atoms with Crippen molar-refractivity contribution < 1.29 is 8.42 Å². The van der Waals surface area contributed by atoms with E-state index in [0.29, 0.717) is 16.3 Å². The molecule has 0 radical (unpaired) electrons. The Morgan fingerprint density at radius 3 is 2.50 bits per heavy atom. The molecule has 0 aliphatic heterocycles. The number of halogens is 1. The normalized spacial score (nSPS) is 12.4. The molecule has 10 heteroatoms. The minimum atomic E-state index is -3.88. The summed E-state index contributed by atoms with van der Waals surface area (Å²) in [6.07, 6.45) is 1.40. The number of benzene rings is 1. The average molecular weight is 431 g/mol. The fraction of sp³-hybridized carbons (Fsp3) is 0.0556. The van der Waals surface area contributed by atoms with Gasteiger partial charge in [-0.05, 0) is 36.7 Å². The van der Waals surface area contributed by atoms with E-state index in [4.69, 9.17) is 11.6 Å². The summed E-state index contributed by atoms with van der Waals surface area (Å²) in [5, 5.41) is 4.18. The summed E-state index contributed by atoms with van der Waals surface area (Å²) in [5.74, 6) is 0. The Morgan fingerprint density at radius 2 is 1.75 bits per heavy atom. The van der Waals surface area contributed by atoms with Gasteiger partial charge in [-0.25, -0.2) is 21.8 Å². The summed E-state index contributed by atoms with van der Waals surface area (Å²) in [7, 11) is -3.88. The summed E-state index contributed by atoms with van der Waals surface area (Å²) in [6.45, 7) is 1.88. The molecule has 7 nitrogen and oxygen atoms in total. The van der Waals surface area contributed by atoms with Gasteiger partial charge in [0.2, 0.25) is 5.28 Å². The van der Waals surface area contributed by atoms with E-state index in [1.54, 1.807) is 29.0 Å². The van der Waals surface area contributed by atoms with Crippen molar-refractivity contribution in [1.29, 1.82) is 0 Å². The monoisotopic (exact) mass is 430 g/mol. The Kier molecular flexibility index (Phi) is 3.64. The predicted molar refractivity (Wildman–Crippen MR) is 109 cm³/mol. The van der Waals surface area contributed by atoms with Crippen LogP contribution in [-0.4, -0.2) is 26.8 Å². The molecule has 0 N–H and O–H groups in total. The number of aromatic nitrogens is 4. The highest BCUT2D eigenvalue weighted by Gasteiger charge is 2.23. The molecule has 0 saturated heterocycles. The molecule has 4 aromatic heterocycles. The van der Waals surface area contributed by atoms with Crippen molar-refractivity contribution in [2.24, 2.45) is 0 Å². The lowest BCUT2D eigenvalue weighted by molar-refractivity contribution is 0.588. The van der Waals surface area contributed by atoms with Crippen LogP contribution in [0.25, 0.3) is 27.6 Å². The molecule has 0 atom stereocenters. The quantitative estimate of drug-likeness (QED) is 0.400. The van der Waals surface area contributed by atoms with Crippen molar-refractivity contribution >= 4 is 60.5 Å². The Hall–Kier alpha value is -2.75. The highest BCUT2D eigenvalue weighted by molar-refractivity contribution is 7.90. The van der Waals surface area contributed by atoms with Gasteiger partial charge in [0.05, 0.1) is 21.2 Å². The molecule has 28 heavy (non-hydrogen) atoms. The highest BCUT2D eigenvalue weighted by atomic mass is 35.5. The number of hydrogen-bond acceptors (Lipinski definition) is 6. The second-order valence-corrected chi connectivity index (χ2v) is 9.19. The summed E-state index contributed by atoms with van der Waals surface area (Å²) >= 11 is 7.62. The third-order valence-electron chi connectivity index (χ3n) is 4.54. The Morgan fingerprint density at radius 1 is 1.00 bits per heavy atom.